The van der Waals surface area contributed by atoms with E-state index in [9.17, 15) is 8.42 Å². The molecule has 23 heavy (non-hydrogen) atoms. The Balaban J connectivity index is 1.94. The van der Waals surface area contributed by atoms with Gasteiger partial charge in [0.05, 0.1) is 11.9 Å². The molecule has 2 rings (SSSR count). The summed E-state index contributed by atoms with van der Waals surface area (Å²) in [6, 6.07) is 5.00. The number of piperidine rings is 1. The van der Waals surface area contributed by atoms with Crippen LogP contribution in [0.25, 0.3) is 0 Å². The maximum absolute atomic E-state index is 12.6. The largest absolute Gasteiger partial charge is 0.378 e. The Morgan fingerprint density at radius 1 is 1.22 bits per heavy atom. The maximum Gasteiger partial charge on any atom is 0.218 e. The van der Waals surface area contributed by atoms with Crippen LogP contribution in [0.1, 0.15) is 24.8 Å². The Labute approximate surface area is 147 Å². The molecule has 0 aromatic heterocycles. The lowest BCUT2D eigenvalue weighted by molar-refractivity contribution is 0.0208. The van der Waals surface area contributed by atoms with Crippen LogP contribution < -0.4 is 5.73 Å². The Kier molecular flexibility index (Phi) is 7.13. The van der Waals surface area contributed by atoms with Gasteiger partial charge in [-0.05, 0) is 37.9 Å². The van der Waals surface area contributed by atoms with Crippen molar-refractivity contribution in [3.63, 3.8) is 0 Å². The first kappa shape index (κ1) is 19.0. The summed E-state index contributed by atoms with van der Waals surface area (Å²) < 4.78 is 32.3. The van der Waals surface area contributed by atoms with Crippen molar-refractivity contribution in [2.24, 2.45) is 5.73 Å². The number of hydrogen-bond acceptors (Lipinski definition) is 4. The lowest BCUT2D eigenvalue weighted by atomic mass is 10.1. The first-order valence-corrected chi connectivity index (χ1v) is 10.0. The Bertz CT molecular complexity index is 597. The molecular formula is C15H22Cl2N2O3S. The summed E-state index contributed by atoms with van der Waals surface area (Å²) in [6.07, 6.45) is 2.32. The summed E-state index contributed by atoms with van der Waals surface area (Å²) >= 11 is 12.1. The number of sulfonamides is 1. The van der Waals surface area contributed by atoms with Crippen LogP contribution in [0, 0.1) is 0 Å². The van der Waals surface area contributed by atoms with Gasteiger partial charge in [0.25, 0.3) is 0 Å². The van der Waals surface area contributed by atoms with Gasteiger partial charge in [0, 0.05) is 35.3 Å². The molecule has 0 saturated carbocycles. The second kappa shape index (κ2) is 8.65. The van der Waals surface area contributed by atoms with Gasteiger partial charge in [-0.25, -0.2) is 12.7 Å². The van der Waals surface area contributed by atoms with Crippen molar-refractivity contribution in [3.8, 4) is 0 Å². The van der Waals surface area contributed by atoms with Gasteiger partial charge in [-0.2, -0.15) is 0 Å². The molecule has 1 aliphatic heterocycles. The average molecular weight is 381 g/mol. The topological polar surface area (TPSA) is 72.6 Å². The fourth-order valence-electron chi connectivity index (χ4n) is 2.55. The number of rotatable bonds is 7. The van der Waals surface area contributed by atoms with Crippen LogP contribution >= 0.6 is 23.2 Å². The summed E-state index contributed by atoms with van der Waals surface area (Å²) in [4.78, 5) is 0. The van der Waals surface area contributed by atoms with E-state index in [2.05, 4.69) is 0 Å². The third kappa shape index (κ3) is 5.31. The predicted octanol–water partition coefficient (Wildman–Crippen LogP) is 2.65. The van der Waals surface area contributed by atoms with Crippen molar-refractivity contribution in [2.45, 2.75) is 31.1 Å². The maximum atomic E-state index is 12.6. The van der Waals surface area contributed by atoms with E-state index >= 15 is 0 Å². The van der Waals surface area contributed by atoms with Gasteiger partial charge >= 0.3 is 0 Å². The van der Waals surface area contributed by atoms with Crippen LogP contribution in [0.4, 0.5) is 0 Å². The minimum absolute atomic E-state index is 0.108. The fraction of sp³-hybridized carbons (Fsp3) is 0.600. The molecule has 1 saturated heterocycles. The Hall–Kier alpha value is -0.370. The molecule has 1 aliphatic rings. The van der Waals surface area contributed by atoms with Gasteiger partial charge in [0.2, 0.25) is 10.0 Å². The van der Waals surface area contributed by atoms with Gasteiger partial charge < -0.3 is 10.5 Å². The van der Waals surface area contributed by atoms with E-state index in [4.69, 9.17) is 33.7 Å². The molecule has 0 amide bonds. The predicted molar refractivity (Wildman–Crippen MR) is 93.3 cm³/mol. The molecule has 1 heterocycles. The highest BCUT2D eigenvalue weighted by atomic mass is 35.5. The van der Waals surface area contributed by atoms with Crippen molar-refractivity contribution in [1.29, 1.82) is 0 Å². The second-order valence-corrected chi connectivity index (χ2v) is 8.35. The zero-order chi connectivity index (χ0) is 16.9. The molecule has 0 spiro atoms. The molecule has 0 bridgehead atoms. The molecule has 0 atom stereocenters. The number of nitrogens with zero attached hydrogens (tertiary/aromatic N) is 1. The van der Waals surface area contributed by atoms with Crippen LogP contribution in [0.5, 0.6) is 0 Å². The number of benzene rings is 1. The molecule has 1 fully saturated rings. The number of nitrogens with two attached hydrogens (primary N) is 1. The molecule has 2 N–H and O–H groups in total. The van der Waals surface area contributed by atoms with Gasteiger partial charge in [-0.3, -0.25) is 0 Å². The Morgan fingerprint density at radius 3 is 2.39 bits per heavy atom. The van der Waals surface area contributed by atoms with E-state index in [1.54, 1.807) is 18.2 Å². The monoisotopic (exact) mass is 380 g/mol. The van der Waals surface area contributed by atoms with Crippen LogP contribution in [0.15, 0.2) is 18.2 Å². The first-order chi connectivity index (χ1) is 10.9. The van der Waals surface area contributed by atoms with E-state index < -0.39 is 10.0 Å². The van der Waals surface area contributed by atoms with Gasteiger partial charge in [0.1, 0.15) is 0 Å². The summed E-state index contributed by atoms with van der Waals surface area (Å²) in [5.41, 5.74) is 5.89. The quantitative estimate of drug-likeness (QED) is 0.737. The molecule has 0 aliphatic carbocycles. The summed E-state index contributed by atoms with van der Waals surface area (Å²) in [7, 11) is -3.44. The average Bonchev–Trinajstić information content (AvgIpc) is 2.52. The van der Waals surface area contributed by atoms with E-state index in [-0.39, 0.29) is 11.9 Å². The minimum Gasteiger partial charge on any atom is -0.378 e. The third-order valence-electron chi connectivity index (χ3n) is 3.88. The highest BCUT2D eigenvalue weighted by Crippen LogP contribution is 2.28. The standard InChI is InChI=1S/C15H22Cl2N2O3S/c16-14-3-1-4-15(17)13(14)11-23(20,21)19-8-5-12(6-9-19)22-10-2-7-18/h1,3-4,12H,2,5-11,18H2. The highest BCUT2D eigenvalue weighted by molar-refractivity contribution is 7.88. The molecule has 8 heteroatoms. The van der Waals surface area contributed by atoms with E-state index in [1.807, 2.05) is 0 Å². The SMILES string of the molecule is NCCCOC1CCN(S(=O)(=O)Cc2c(Cl)cccc2Cl)CC1. The van der Waals surface area contributed by atoms with Crippen LogP contribution in [0.2, 0.25) is 10.0 Å². The number of halogens is 2. The van der Waals surface area contributed by atoms with Crippen LogP contribution in [-0.2, 0) is 20.5 Å². The van der Waals surface area contributed by atoms with Gasteiger partial charge in [-0.15, -0.1) is 0 Å². The van der Waals surface area contributed by atoms with Crippen LogP contribution in [0.3, 0.4) is 0 Å². The zero-order valence-corrected chi connectivity index (χ0v) is 15.2. The minimum atomic E-state index is -3.44. The van der Waals surface area contributed by atoms with E-state index in [0.29, 0.717) is 54.7 Å². The molecule has 130 valence electrons. The van der Waals surface area contributed by atoms with Crippen molar-refractivity contribution in [1.82, 2.24) is 4.31 Å². The molecule has 1 aromatic rings. The lowest BCUT2D eigenvalue weighted by Gasteiger charge is -2.31. The van der Waals surface area contributed by atoms with Crippen LogP contribution in [-0.4, -0.2) is 45.1 Å². The summed E-state index contributed by atoms with van der Waals surface area (Å²) in [5.74, 6) is -0.176. The second-order valence-electron chi connectivity index (χ2n) is 5.57. The smallest absolute Gasteiger partial charge is 0.218 e. The third-order valence-corrected chi connectivity index (χ3v) is 6.40. The summed E-state index contributed by atoms with van der Waals surface area (Å²) in [6.45, 7) is 2.14. The molecule has 0 unspecified atom stereocenters. The zero-order valence-electron chi connectivity index (χ0n) is 12.9. The van der Waals surface area contributed by atoms with E-state index in [0.717, 1.165) is 6.42 Å². The fourth-order valence-corrected chi connectivity index (χ4v) is 4.87. The summed E-state index contributed by atoms with van der Waals surface area (Å²) in [5, 5.41) is 0.752. The van der Waals surface area contributed by atoms with Crippen molar-refractivity contribution < 1.29 is 13.2 Å². The van der Waals surface area contributed by atoms with Gasteiger partial charge in [0.15, 0.2) is 0 Å². The lowest BCUT2D eigenvalue weighted by Crippen LogP contribution is -2.41. The first-order valence-electron chi connectivity index (χ1n) is 7.66. The van der Waals surface area contributed by atoms with Crippen molar-refractivity contribution in [3.05, 3.63) is 33.8 Å². The number of ether oxygens (including phenoxy) is 1. The molecular weight excluding hydrogens is 359 g/mol. The van der Waals surface area contributed by atoms with Crippen molar-refractivity contribution in [2.75, 3.05) is 26.2 Å². The highest BCUT2D eigenvalue weighted by Gasteiger charge is 2.29. The normalized spacial score (nSPS) is 17.5. The van der Waals surface area contributed by atoms with E-state index in [1.165, 1.54) is 4.31 Å². The van der Waals surface area contributed by atoms with Gasteiger partial charge in [-0.1, -0.05) is 29.3 Å². The Morgan fingerprint density at radius 2 is 1.83 bits per heavy atom. The van der Waals surface area contributed by atoms with Crippen molar-refractivity contribution >= 4 is 33.2 Å². The molecule has 0 radical (unpaired) electrons. The molecule has 1 aromatic carbocycles. The number of hydrogen-bond donors (Lipinski definition) is 1. The molecule has 5 nitrogen and oxygen atoms in total.